The van der Waals surface area contributed by atoms with E-state index < -0.39 is 20.9 Å². The van der Waals surface area contributed by atoms with Crippen molar-refractivity contribution in [2.24, 2.45) is 5.73 Å². The van der Waals surface area contributed by atoms with E-state index in [9.17, 15) is 18.0 Å². The average Bonchev–Trinajstić information content (AvgIpc) is 2.31. The van der Waals surface area contributed by atoms with Gasteiger partial charge in [0.25, 0.3) is 15.0 Å². The van der Waals surface area contributed by atoms with Crippen LogP contribution in [0.3, 0.4) is 0 Å². The summed E-state index contributed by atoms with van der Waals surface area (Å²) >= 11 is 0. The van der Waals surface area contributed by atoms with Gasteiger partial charge in [-0.15, -0.1) is 0 Å². The molecule has 0 aliphatic carbocycles. The van der Waals surface area contributed by atoms with E-state index in [1.165, 1.54) is 17.0 Å². The van der Waals surface area contributed by atoms with E-state index in [0.29, 0.717) is 13.0 Å². The predicted molar refractivity (Wildman–Crippen MR) is 68.3 cm³/mol. The molecular formula is C11H11ClN2O4S. The van der Waals surface area contributed by atoms with E-state index >= 15 is 0 Å². The predicted octanol–water partition coefficient (Wildman–Crippen LogP) is 0.0977. The summed E-state index contributed by atoms with van der Waals surface area (Å²) in [5.41, 5.74) is 6.03. The first-order chi connectivity index (χ1) is 8.79. The molecule has 2 N–H and O–H groups in total. The lowest BCUT2D eigenvalue weighted by Crippen LogP contribution is -2.42. The molecule has 1 aromatic carbocycles. The topological polar surface area (TPSA) is 97.5 Å². The van der Waals surface area contributed by atoms with Gasteiger partial charge in [-0.25, -0.2) is 8.42 Å². The number of halogens is 1. The normalized spacial score (nSPS) is 15.2. The number of primary amides is 1. The lowest BCUT2D eigenvalue weighted by Gasteiger charge is -2.27. The maximum Gasteiger partial charge on any atom is 0.261 e. The van der Waals surface area contributed by atoms with Crippen molar-refractivity contribution < 1.29 is 18.0 Å². The van der Waals surface area contributed by atoms with E-state index in [1.807, 2.05) is 0 Å². The van der Waals surface area contributed by atoms with Gasteiger partial charge < -0.3 is 10.6 Å². The van der Waals surface area contributed by atoms with Gasteiger partial charge in [-0.3, -0.25) is 9.59 Å². The Morgan fingerprint density at radius 1 is 1.42 bits per heavy atom. The molecule has 102 valence electrons. The second-order valence-corrected chi connectivity index (χ2v) is 6.77. The van der Waals surface area contributed by atoms with Crippen LogP contribution >= 0.6 is 10.7 Å². The van der Waals surface area contributed by atoms with Gasteiger partial charge in [-0.2, -0.15) is 0 Å². The number of fused-ring (bicyclic) bond motifs is 1. The maximum absolute atomic E-state index is 12.1. The van der Waals surface area contributed by atoms with Crippen molar-refractivity contribution in [3.05, 3.63) is 29.3 Å². The molecule has 1 heterocycles. The largest absolute Gasteiger partial charge is 0.368 e. The maximum atomic E-state index is 12.1. The molecule has 8 heteroatoms. The minimum absolute atomic E-state index is 0.137. The molecule has 0 radical (unpaired) electrons. The number of hydrogen-bond donors (Lipinski definition) is 1. The zero-order valence-electron chi connectivity index (χ0n) is 9.80. The number of nitrogens with zero attached hydrogens (tertiary/aromatic N) is 1. The third-order valence-electron chi connectivity index (χ3n) is 2.88. The van der Waals surface area contributed by atoms with Gasteiger partial charge in [-0.05, 0) is 24.1 Å². The molecule has 0 saturated heterocycles. The number of rotatable bonds is 3. The number of nitrogens with two attached hydrogens (primary N) is 1. The van der Waals surface area contributed by atoms with Gasteiger partial charge in [0.2, 0.25) is 5.91 Å². The lowest BCUT2D eigenvalue weighted by molar-refractivity contribution is -0.118. The molecule has 0 aromatic heterocycles. The molecule has 0 bridgehead atoms. The molecular weight excluding hydrogens is 292 g/mol. The fraction of sp³-hybridized carbons (Fsp3) is 0.273. The SMILES string of the molecule is NC(=O)CN1CCc2ccc(S(=O)(=O)Cl)cc2C1=O. The molecule has 0 atom stereocenters. The van der Waals surface area contributed by atoms with Gasteiger partial charge in [0, 0.05) is 22.8 Å². The van der Waals surface area contributed by atoms with E-state index in [2.05, 4.69) is 0 Å². The Bertz CT molecular complexity index is 657. The summed E-state index contributed by atoms with van der Waals surface area (Å²) in [7, 11) is 1.35. The van der Waals surface area contributed by atoms with Crippen LogP contribution in [-0.2, 0) is 20.3 Å². The Hall–Kier alpha value is -1.60. The van der Waals surface area contributed by atoms with Crippen molar-refractivity contribution in [3.8, 4) is 0 Å². The first-order valence-electron chi connectivity index (χ1n) is 5.44. The van der Waals surface area contributed by atoms with Crippen LogP contribution in [0.15, 0.2) is 23.1 Å². The summed E-state index contributed by atoms with van der Waals surface area (Å²) in [5.74, 6) is -1.03. The Kier molecular flexibility index (Phi) is 3.51. The molecule has 1 aromatic rings. The highest BCUT2D eigenvalue weighted by Crippen LogP contribution is 2.24. The Morgan fingerprint density at radius 3 is 2.68 bits per heavy atom. The summed E-state index contributed by atoms with van der Waals surface area (Å²) in [6, 6.07) is 4.15. The summed E-state index contributed by atoms with van der Waals surface area (Å²) < 4.78 is 22.5. The highest BCUT2D eigenvalue weighted by Gasteiger charge is 2.26. The number of hydrogen-bond acceptors (Lipinski definition) is 4. The molecule has 2 rings (SSSR count). The van der Waals surface area contributed by atoms with Gasteiger partial charge in [-0.1, -0.05) is 6.07 Å². The fourth-order valence-electron chi connectivity index (χ4n) is 1.99. The first-order valence-corrected chi connectivity index (χ1v) is 7.75. The average molecular weight is 303 g/mol. The summed E-state index contributed by atoms with van der Waals surface area (Å²) in [4.78, 5) is 24.1. The van der Waals surface area contributed by atoms with Crippen molar-refractivity contribution in [2.45, 2.75) is 11.3 Å². The van der Waals surface area contributed by atoms with Crippen LogP contribution in [0.25, 0.3) is 0 Å². The van der Waals surface area contributed by atoms with Crippen LogP contribution in [-0.4, -0.2) is 38.2 Å². The molecule has 0 unspecified atom stereocenters. The van der Waals surface area contributed by atoms with Gasteiger partial charge in [0.15, 0.2) is 0 Å². The zero-order valence-corrected chi connectivity index (χ0v) is 11.4. The van der Waals surface area contributed by atoms with Gasteiger partial charge >= 0.3 is 0 Å². The van der Waals surface area contributed by atoms with Crippen molar-refractivity contribution in [2.75, 3.05) is 13.1 Å². The summed E-state index contributed by atoms with van der Waals surface area (Å²) in [6.07, 6.45) is 0.539. The summed E-state index contributed by atoms with van der Waals surface area (Å²) in [5, 5.41) is 0. The zero-order chi connectivity index (χ0) is 14.2. The first kappa shape index (κ1) is 13.8. The molecule has 1 aliphatic heterocycles. The monoisotopic (exact) mass is 302 g/mol. The Morgan fingerprint density at radius 2 is 2.11 bits per heavy atom. The molecule has 0 spiro atoms. The van der Waals surface area contributed by atoms with Crippen molar-refractivity contribution in [1.82, 2.24) is 4.90 Å². The van der Waals surface area contributed by atoms with Crippen LogP contribution in [0.2, 0.25) is 0 Å². The second-order valence-electron chi connectivity index (χ2n) is 4.20. The van der Waals surface area contributed by atoms with Crippen LogP contribution in [0.4, 0.5) is 0 Å². The van der Waals surface area contributed by atoms with E-state index in [1.54, 1.807) is 6.07 Å². The quantitative estimate of drug-likeness (QED) is 0.801. The van der Waals surface area contributed by atoms with Crippen LogP contribution in [0, 0.1) is 0 Å². The third kappa shape index (κ3) is 2.87. The Balaban J connectivity index is 2.41. The van der Waals surface area contributed by atoms with Crippen LogP contribution < -0.4 is 5.73 Å². The van der Waals surface area contributed by atoms with Crippen molar-refractivity contribution in [3.63, 3.8) is 0 Å². The molecule has 1 aliphatic rings. The smallest absolute Gasteiger partial charge is 0.261 e. The number of carbonyl (C=O) groups is 2. The molecule has 0 fully saturated rings. The highest BCUT2D eigenvalue weighted by molar-refractivity contribution is 8.13. The van der Waals surface area contributed by atoms with Crippen molar-refractivity contribution >= 4 is 31.5 Å². The minimum atomic E-state index is -3.89. The Labute approximate surface area is 114 Å². The molecule has 19 heavy (non-hydrogen) atoms. The number of amides is 2. The second kappa shape index (κ2) is 4.82. The fourth-order valence-corrected chi connectivity index (χ4v) is 2.77. The van der Waals surface area contributed by atoms with E-state index in [0.717, 1.165) is 5.56 Å². The highest BCUT2D eigenvalue weighted by atomic mass is 35.7. The van der Waals surface area contributed by atoms with E-state index in [-0.39, 0.29) is 17.0 Å². The van der Waals surface area contributed by atoms with E-state index in [4.69, 9.17) is 16.4 Å². The molecule has 2 amide bonds. The van der Waals surface area contributed by atoms with Crippen LogP contribution in [0.1, 0.15) is 15.9 Å². The van der Waals surface area contributed by atoms with Crippen molar-refractivity contribution in [1.29, 1.82) is 0 Å². The number of benzene rings is 1. The van der Waals surface area contributed by atoms with Gasteiger partial charge in [0.05, 0.1) is 11.4 Å². The standard InChI is InChI=1S/C11H11ClN2O4S/c12-19(17,18)8-2-1-7-3-4-14(6-10(13)15)11(16)9(7)5-8/h1-2,5H,3-4,6H2,(H2,13,15). The summed E-state index contributed by atoms with van der Waals surface area (Å²) in [6.45, 7) is 0.192. The van der Waals surface area contributed by atoms with Gasteiger partial charge in [0.1, 0.15) is 0 Å². The molecule has 6 nitrogen and oxygen atoms in total. The molecule has 0 saturated carbocycles. The number of carbonyl (C=O) groups excluding carboxylic acids is 2. The van der Waals surface area contributed by atoms with Crippen LogP contribution in [0.5, 0.6) is 0 Å². The minimum Gasteiger partial charge on any atom is -0.368 e. The third-order valence-corrected chi connectivity index (χ3v) is 4.23. The lowest BCUT2D eigenvalue weighted by atomic mass is 9.99.